The maximum atomic E-state index is 13.3. The first-order chi connectivity index (χ1) is 9.11. The summed E-state index contributed by atoms with van der Waals surface area (Å²) in [5.74, 6) is -0.0685. The molecule has 0 spiro atoms. The SMILES string of the molecule is COc1cccnc1C(=N)Nc1ccc(Cl)c(F)c1. The van der Waals surface area contributed by atoms with Crippen molar-refractivity contribution < 1.29 is 9.13 Å². The number of benzene rings is 1. The van der Waals surface area contributed by atoms with Gasteiger partial charge in [0, 0.05) is 11.9 Å². The molecule has 1 heterocycles. The third-order valence-corrected chi connectivity index (χ3v) is 2.72. The number of pyridine rings is 1. The Hall–Kier alpha value is -2.14. The number of hydrogen-bond acceptors (Lipinski definition) is 3. The van der Waals surface area contributed by atoms with Gasteiger partial charge in [-0.25, -0.2) is 9.37 Å². The Morgan fingerprint density at radius 3 is 2.89 bits per heavy atom. The molecule has 2 N–H and O–H groups in total. The Kier molecular flexibility index (Phi) is 3.97. The van der Waals surface area contributed by atoms with E-state index in [1.165, 1.54) is 19.2 Å². The highest BCUT2D eigenvalue weighted by atomic mass is 35.5. The monoisotopic (exact) mass is 279 g/mol. The second-order valence-electron chi connectivity index (χ2n) is 3.68. The number of aromatic nitrogens is 1. The molecule has 0 saturated heterocycles. The molecule has 19 heavy (non-hydrogen) atoms. The van der Waals surface area contributed by atoms with Crippen molar-refractivity contribution in [1.29, 1.82) is 5.41 Å². The number of anilines is 1. The lowest BCUT2D eigenvalue weighted by molar-refractivity contribution is 0.412. The number of amidine groups is 1. The summed E-state index contributed by atoms with van der Waals surface area (Å²) < 4.78 is 18.4. The molecule has 1 aromatic carbocycles. The molecule has 0 amide bonds. The molecule has 2 aromatic rings. The Morgan fingerprint density at radius 1 is 1.42 bits per heavy atom. The van der Waals surface area contributed by atoms with Crippen molar-refractivity contribution in [3.05, 3.63) is 53.1 Å². The Morgan fingerprint density at radius 2 is 2.21 bits per heavy atom. The quantitative estimate of drug-likeness (QED) is 0.669. The van der Waals surface area contributed by atoms with Crippen LogP contribution in [0.4, 0.5) is 10.1 Å². The number of methoxy groups -OCH3 is 1. The summed E-state index contributed by atoms with van der Waals surface area (Å²) in [6.07, 6.45) is 1.55. The van der Waals surface area contributed by atoms with Crippen molar-refractivity contribution in [2.75, 3.05) is 12.4 Å². The minimum atomic E-state index is -0.549. The number of halogens is 2. The second-order valence-corrected chi connectivity index (χ2v) is 4.09. The van der Waals surface area contributed by atoms with Gasteiger partial charge in [-0.2, -0.15) is 0 Å². The lowest BCUT2D eigenvalue weighted by atomic mass is 10.2. The van der Waals surface area contributed by atoms with E-state index in [9.17, 15) is 4.39 Å². The van der Waals surface area contributed by atoms with Gasteiger partial charge in [0.1, 0.15) is 17.3 Å². The van der Waals surface area contributed by atoms with Gasteiger partial charge in [-0.3, -0.25) is 5.41 Å². The maximum Gasteiger partial charge on any atom is 0.152 e. The maximum absolute atomic E-state index is 13.3. The molecule has 0 aliphatic carbocycles. The summed E-state index contributed by atoms with van der Waals surface area (Å²) in [7, 11) is 1.50. The molecular weight excluding hydrogens is 269 g/mol. The fraction of sp³-hybridized carbons (Fsp3) is 0.0769. The van der Waals surface area contributed by atoms with Crippen molar-refractivity contribution in [2.45, 2.75) is 0 Å². The molecule has 0 radical (unpaired) electrons. The fourth-order valence-corrected chi connectivity index (χ4v) is 1.64. The third kappa shape index (κ3) is 3.00. The largest absolute Gasteiger partial charge is 0.494 e. The van der Waals surface area contributed by atoms with E-state index >= 15 is 0 Å². The molecule has 98 valence electrons. The van der Waals surface area contributed by atoms with Gasteiger partial charge in [0.05, 0.1) is 12.1 Å². The van der Waals surface area contributed by atoms with Gasteiger partial charge in [0.25, 0.3) is 0 Å². The number of ether oxygens (including phenoxy) is 1. The van der Waals surface area contributed by atoms with Crippen LogP contribution in [0.5, 0.6) is 5.75 Å². The highest BCUT2D eigenvalue weighted by Crippen LogP contribution is 2.20. The molecule has 0 atom stereocenters. The minimum Gasteiger partial charge on any atom is -0.494 e. The summed E-state index contributed by atoms with van der Waals surface area (Å²) in [6.45, 7) is 0. The minimum absolute atomic E-state index is 0.0131. The zero-order chi connectivity index (χ0) is 13.8. The van der Waals surface area contributed by atoms with Crippen molar-refractivity contribution in [2.24, 2.45) is 0 Å². The number of rotatable bonds is 3. The van der Waals surface area contributed by atoms with Crippen LogP contribution in [0.2, 0.25) is 5.02 Å². The molecule has 1 aromatic heterocycles. The van der Waals surface area contributed by atoms with Crippen LogP contribution in [0.1, 0.15) is 5.69 Å². The molecule has 0 saturated carbocycles. The normalized spacial score (nSPS) is 10.1. The van der Waals surface area contributed by atoms with Crippen LogP contribution in [0.15, 0.2) is 36.5 Å². The average Bonchev–Trinajstić information content (AvgIpc) is 2.43. The van der Waals surface area contributed by atoms with E-state index in [1.807, 2.05) is 0 Å². The van der Waals surface area contributed by atoms with E-state index in [-0.39, 0.29) is 10.9 Å². The summed E-state index contributed by atoms with van der Waals surface area (Å²) >= 11 is 5.59. The van der Waals surface area contributed by atoms with E-state index in [4.69, 9.17) is 21.7 Å². The Balaban J connectivity index is 2.23. The van der Waals surface area contributed by atoms with Crippen LogP contribution >= 0.6 is 11.6 Å². The van der Waals surface area contributed by atoms with E-state index in [1.54, 1.807) is 24.4 Å². The molecule has 0 bridgehead atoms. The Labute approximate surface area is 114 Å². The van der Waals surface area contributed by atoms with Gasteiger partial charge >= 0.3 is 0 Å². The summed E-state index contributed by atoms with van der Waals surface area (Å²) in [5, 5.41) is 10.7. The van der Waals surface area contributed by atoms with Gasteiger partial charge in [0.2, 0.25) is 0 Å². The molecule has 0 aliphatic heterocycles. The summed E-state index contributed by atoms with van der Waals surface area (Å²) in [4.78, 5) is 4.05. The van der Waals surface area contributed by atoms with Gasteiger partial charge in [0.15, 0.2) is 5.84 Å². The zero-order valence-electron chi connectivity index (χ0n) is 10.1. The fourth-order valence-electron chi connectivity index (χ4n) is 1.52. The molecular formula is C13H11ClFN3O. The van der Waals surface area contributed by atoms with Crippen molar-refractivity contribution in [3.63, 3.8) is 0 Å². The predicted octanol–water partition coefficient (Wildman–Crippen LogP) is 3.32. The van der Waals surface area contributed by atoms with Crippen LogP contribution in [0.25, 0.3) is 0 Å². The lowest BCUT2D eigenvalue weighted by Crippen LogP contribution is -2.15. The van der Waals surface area contributed by atoms with Gasteiger partial charge < -0.3 is 10.1 Å². The van der Waals surface area contributed by atoms with Crippen LogP contribution in [0.3, 0.4) is 0 Å². The van der Waals surface area contributed by atoms with Crippen molar-refractivity contribution >= 4 is 23.1 Å². The van der Waals surface area contributed by atoms with Crippen LogP contribution in [-0.2, 0) is 0 Å². The number of nitrogens with one attached hydrogen (secondary N) is 2. The van der Waals surface area contributed by atoms with E-state index < -0.39 is 5.82 Å². The second kappa shape index (κ2) is 5.67. The van der Waals surface area contributed by atoms with Crippen LogP contribution < -0.4 is 10.1 Å². The van der Waals surface area contributed by atoms with Gasteiger partial charge in [-0.1, -0.05) is 11.6 Å². The van der Waals surface area contributed by atoms with Crippen molar-refractivity contribution in [1.82, 2.24) is 4.98 Å². The smallest absolute Gasteiger partial charge is 0.152 e. The van der Waals surface area contributed by atoms with E-state index in [0.717, 1.165) is 0 Å². The van der Waals surface area contributed by atoms with Crippen molar-refractivity contribution in [3.8, 4) is 5.75 Å². The standard InChI is InChI=1S/C13H11ClFN3O/c1-19-11-3-2-6-17-12(11)13(16)18-8-4-5-9(14)10(15)7-8/h2-7H,1H3,(H2,16,18). The first kappa shape index (κ1) is 13.3. The number of nitrogens with zero attached hydrogens (tertiary/aromatic N) is 1. The van der Waals surface area contributed by atoms with E-state index in [0.29, 0.717) is 17.1 Å². The van der Waals surface area contributed by atoms with Gasteiger partial charge in [-0.15, -0.1) is 0 Å². The molecule has 0 aliphatic rings. The number of hydrogen-bond donors (Lipinski definition) is 2. The van der Waals surface area contributed by atoms with Crippen LogP contribution in [0, 0.1) is 11.2 Å². The highest BCUT2D eigenvalue weighted by molar-refractivity contribution is 6.30. The first-order valence-electron chi connectivity index (χ1n) is 5.42. The summed E-state index contributed by atoms with van der Waals surface area (Å²) in [6, 6.07) is 7.61. The topological polar surface area (TPSA) is 58.0 Å². The molecule has 0 unspecified atom stereocenters. The predicted molar refractivity (Wildman–Crippen MR) is 72.7 cm³/mol. The van der Waals surface area contributed by atoms with E-state index in [2.05, 4.69) is 10.3 Å². The first-order valence-corrected chi connectivity index (χ1v) is 5.79. The summed E-state index contributed by atoms with van der Waals surface area (Å²) in [5.41, 5.74) is 0.764. The highest BCUT2D eigenvalue weighted by Gasteiger charge is 2.10. The molecule has 6 heteroatoms. The zero-order valence-corrected chi connectivity index (χ0v) is 10.8. The van der Waals surface area contributed by atoms with Gasteiger partial charge in [-0.05, 0) is 30.3 Å². The molecule has 0 fully saturated rings. The Bertz CT molecular complexity index is 619. The van der Waals surface area contributed by atoms with Crippen LogP contribution in [-0.4, -0.2) is 17.9 Å². The lowest BCUT2D eigenvalue weighted by Gasteiger charge is -2.10. The average molecular weight is 280 g/mol. The molecule has 4 nitrogen and oxygen atoms in total. The molecule has 2 rings (SSSR count). The third-order valence-electron chi connectivity index (χ3n) is 2.42.